The van der Waals surface area contributed by atoms with Gasteiger partial charge in [0.15, 0.2) is 5.76 Å². The number of nitrogens with one attached hydrogen (secondary N) is 2. The second-order valence-electron chi connectivity index (χ2n) is 6.75. The minimum Gasteiger partial charge on any atom is -0.360 e. The van der Waals surface area contributed by atoms with Crippen LogP contribution in [-0.2, 0) is 14.8 Å². The van der Waals surface area contributed by atoms with Crippen molar-refractivity contribution >= 4 is 28.3 Å². The summed E-state index contributed by atoms with van der Waals surface area (Å²) in [6.45, 7) is 4.93. The summed E-state index contributed by atoms with van der Waals surface area (Å²) in [5, 5.41) is 6.55. The second kappa shape index (κ2) is 9.68. The predicted molar refractivity (Wildman–Crippen MR) is 101 cm³/mol. The first-order valence-corrected chi connectivity index (χ1v) is 10.2. The number of amides is 1. The monoisotopic (exact) mass is 408 g/mol. The fourth-order valence-electron chi connectivity index (χ4n) is 3.42. The summed E-state index contributed by atoms with van der Waals surface area (Å²) in [4.78, 5) is 12.4. The summed E-state index contributed by atoms with van der Waals surface area (Å²) in [6, 6.07) is -1.05. The molecule has 8 nitrogen and oxygen atoms in total. The number of sulfonamides is 1. The molecular formula is C16H29ClN4O4S. The molecule has 0 aromatic carbocycles. The third-order valence-electron chi connectivity index (χ3n) is 4.76. The van der Waals surface area contributed by atoms with Crippen molar-refractivity contribution in [3.05, 3.63) is 11.5 Å². The van der Waals surface area contributed by atoms with E-state index in [9.17, 15) is 13.2 Å². The van der Waals surface area contributed by atoms with E-state index in [1.807, 2.05) is 0 Å². The largest absolute Gasteiger partial charge is 0.360 e. The van der Waals surface area contributed by atoms with Gasteiger partial charge in [-0.1, -0.05) is 24.4 Å². The Morgan fingerprint density at radius 2 is 1.92 bits per heavy atom. The molecule has 0 bridgehead atoms. The molecule has 2 rings (SSSR count). The summed E-state index contributed by atoms with van der Waals surface area (Å²) < 4.78 is 32.3. The van der Waals surface area contributed by atoms with E-state index in [1.54, 1.807) is 6.92 Å². The Kier molecular flexibility index (Phi) is 8.52. The first-order valence-electron chi connectivity index (χ1n) is 8.72. The lowest BCUT2D eigenvalue weighted by molar-refractivity contribution is -0.123. The molecule has 0 spiro atoms. The van der Waals surface area contributed by atoms with Crippen molar-refractivity contribution < 1.29 is 17.7 Å². The van der Waals surface area contributed by atoms with E-state index < -0.39 is 16.1 Å². The zero-order valence-corrected chi connectivity index (χ0v) is 17.1. The van der Waals surface area contributed by atoms with E-state index in [-0.39, 0.29) is 40.7 Å². The Morgan fingerprint density at radius 3 is 2.42 bits per heavy atom. The lowest BCUT2D eigenvalue weighted by atomic mass is 9.84. The maximum atomic E-state index is 12.5. The van der Waals surface area contributed by atoms with Gasteiger partial charge >= 0.3 is 0 Å². The van der Waals surface area contributed by atoms with Gasteiger partial charge in [-0.3, -0.25) is 4.79 Å². The van der Waals surface area contributed by atoms with Crippen LogP contribution in [0.4, 0.5) is 0 Å². The molecule has 1 aliphatic carbocycles. The van der Waals surface area contributed by atoms with Crippen LogP contribution in [0.3, 0.4) is 0 Å². The molecule has 1 heterocycles. The van der Waals surface area contributed by atoms with Crippen LogP contribution in [0.1, 0.15) is 50.5 Å². The first kappa shape index (κ1) is 22.9. The molecule has 4 N–H and O–H groups in total. The molecule has 150 valence electrons. The van der Waals surface area contributed by atoms with Crippen LogP contribution >= 0.6 is 12.4 Å². The summed E-state index contributed by atoms with van der Waals surface area (Å²) in [5.41, 5.74) is 6.09. The van der Waals surface area contributed by atoms with Crippen molar-refractivity contribution in [1.29, 1.82) is 0 Å². The molecule has 0 aliphatic heterocycles. The molecule has 2 atom stereocenters. The van der Waals surface area contributed by atoms with Crippen LogP contribution in [0, 0.1) is 19.8 Å². The predicted octanol–water partition coefficient (Wildman–Crippen LogP) is 1.40. The smallest absolute Gasteiger partial charge is 0.246 e. The van der Waals surface area contributed by atoms with E-state index >= 15 is 0 Å². The zero-order chi connectivity index (χ0) is 18.6. The molecule has 1 amide bonds. The van der Waals surface area contributed by atoms with Crippen molar-refractivity contribution in [2.24, 2.45) is 11.7 Å². The highest BCUT2D eigenvalue weighted by molar-refractivity contribution is 7.89. The molecule has 1 aliphatic rings. The molecule has 26 heavy (non-hydrogen) atoms. The Labute approximate surface area is 161 Å². The van der Waals surface area contributed by atoms with Gasteiger partial charge in [-0.15, -0.1) is 12.4 Å². The Hall–Kier alpha value is -1.16. The Bertz CT molecular complexity index is 682. The van der Waals surface area contributed by atoms with Gasteiger partial charge in [0.2, 0.25) is 15.9 Å². The van der Waals surface area contributed by atoms with Gasteiger partial charge in [-0.05, 0) is 39.5 Å². The number of halogens is 1. The third-order valence-corrected chi connectivity index (χ3v) is 6.55. The van der Waals surface area contributed by atoms with Crippen LogP contribution in [-0.4, -0.2) is 38.1 Å². The quantitative estimate of drug-likeness (QED) is 0.625. The van der Waals surface area contributed by atoms with Crippen molar-refractivity contribution in [2.75, 3.05) is 6.54 Å². The molecule has 1 fully saturated rings. The average molecular weight is 409 g/mol. The fraction of sp³-hybridized carbons (Fsp3) is 0.750. The van der Waals surface area contributed by atoms with E-state index in [4.69, 9.17) is 10.3 Å². The van der Waals surface area contributed by atoms with Gasteiger partial charge in [0.25, 0.3) is 0 Å². The molecule has 10 heteroatoms. The van der Waals surface area contributed by atoms with E-state index in [0.717, 1.165) is 25.7 Å². The normalized spacial score (nSPS) is 18.0. The summed E-state index contributed by atoms with van der Waals surface area (Å²) in [7, 11) is -3.89. The molecule has 1 saturated carbocycles. The number of hydrogen-bond acceptors (Lipinski definition) is 6. The second-order valence-corrected chi connectivity index (χ2v) is 8.40. The number of hydrogen-bond donors (Lipinski definition) is 3. The first-order chi connectivity index (χ1) is 11.8. The Morgan fingerprint density at radius 1 is 1.31 bits per heavy atom. The van der Waals surface area contributed by atoms with E-state index in [1.165, 1.54) is 20.3 Å². The lowest BCUT2D eigenvalue weighted by Crippen LogP contribution is -2.52. The fourth-order valence-corrected chi connectivity index (χ4v) is 4.95. The number of nitrogens with zero attached hydrogens (tertiary/aromatic N) is 1. The van der Waals surface area contributed by atoms with E-state index in [2.05, 4.69) is 15.2 Å². The number of aryl methyl sites for hydroxylation is 2. The van der Waals surface area contributed by atoms with Gasteiger partial charge in [-0.2, -0.15) is 4.72 Å². The summed E-state index contributed by atoms with van der Waals surface area (Å²) in [5.74, 6) is 0.171. The SMILES string of the molecule is Cc1noc(C)c1S(=O)(=O)NC(C)C(=O)NC(CN)C1CCCCC1.Cl. The van der Waals surface area contributed by atoms with Gasteiger partial charge in [0.1, 0.15) is 10.6 Å². The topological polar surface area (TPSA) is 127 Å². The van der Waals surface area contributed by atoms with Crippen LogP contribution in [0.2, 0.25) is 0 Å². The third kappa shape index (κ3) is 5.42. The van der Waals surface area contributed by atoms with Gasteiger partial charge in [-0.25, -0.2) is 8.42 Å². The van der Waals surface area contributed by atoms with Crippen molar-refractivity contribution in [2.45, 2.75) is 69.9 Å². The highest BCUT2D eigenvalue weighted by atomic mass is 35.5. The minimum absolute atomic E-state index is 0. The maximum Gasteiger partial charge on any atom is 0.246 e. The number of nitrogens with two attached hydrogens (primary N) is 1. The lowest BCUT2D eigenvalue weighted by Gasteiger charge is -2.30. The van der Waals surface area contributed by atoms with Crippen LogP contribution in [0.25, 0.3) is 0 Å². The number of carbonyl (C=O) groups excluding carboxylic acids is 1. The van der Waals surface area contributed by atoms with Crippen molar-refractivity contribution in [1.82, 2.24) is 15.2 Å². The average Bonchev–Trinajstić information content (AvgIpc) is 2.92. The molecular weight excluding hydrogens is 380 g/mol. The highest BCUT2D eigenvalue weighted by Gasteiger charge is 2.30. The molecule has 0 saturated heterocycles. The van der Waals surface area contributed by atoms with Crippen LogP contribution in [0.15, 0.2) is 9.42 Å². The Balaban J connectivity index is 0.00000338. The van der Waals surface area contributed by atoms with Gasteiger partial charge in [0.05, 0.1) is 6.04 Å². The van der Waals surface area contributed by atoms with Gasteiger partial charge in [0, 0.05) is 12.6 Å². The molecule has 0 radical (unpaired) electrons. The number of aromatic nitrogens is 1. The van der Waals surface area contributed by atoms with Crippen molar-refractivity contribution in [3.8, 4) is 0 Å². The highest BCUT2D eigenvalue weighted by Crippen LogP contribution is 2.26. The summed E-state index contributed by atoms with van der Waals surface area (Å²) >= 11 is 0. The van der Waals surface area contributed by atoms with Crippen molar-refractivity contribution in [3.63, 3.8) is 0 Å². The van der Waals surface area contributed by atoms with Gasteiger partial charge < -0.3 is 15.6 Å². The number of carbonyl (C=O) groups is 1. The molecule has 1 aromatic heterocycles. The minimum atomic E-state index is -3.89. The number of rotatable bonds is 7. The zero-order valence-electron chi connectivity index (χ0n) is 15.4. The van der Waals surface area contributed by atoms with Crippen LogP contribution in [0.5, 0.6) is 0 Å². The maximum absolute atomic E-state index is 12.5. The molecule has 2 unspecified atom stereocenters. The molecule has 1 aromatic rings. The summed E-state index contributed by atoms with van der Waals surface area (Å²) in [6.07, 6.45) is 5.59. The van der Waals surface area contributed by atoms with E-state index in [0.29, 0.717) is 12.5 Å². The van der Waals surface area contributed by atoms with Crippen LogP contribution < -0.4 is 15.8 Å². The standard InChI is InChI=1S/C16H28N4O4S.ClH/c1-10-15(12(3)24-19-10)25(22,23)20-11(2)16(21)18-14(9-17)13-7-5-4-6-8-13;/h11,13-14,20H,4-9,17H2,1-3H3,(H,18,21);1H.